The van der Waals surface area contributed by atoms with Gasteiger partial charge in [0.25, 0.3) is 5.91 Å². The lowest BCUT2D eigenvalue weighted by Gasteiger charge is -2.11. The van der Waals surface area contributed by atoms with Crippen molar-refractivity contribution in [1.82, 2.24) is 14.8 Å². The first kappa shape index (κ1) is 23.7. The van der Waals surface area contributed by atoms with Gasteiger partial charge in [0.15, 0.2) is 18.1 Å². The van der Waals surface area contributed by atoms with Crippen LogP contribution < -0.4 is 14.8 Å². The molecule has 9 nitrogen and oxygen atoms in total. The molecule has 12 heteroatoms. The molecule has 0 aliphatic heterocycles. The maximum atomic E-state index is 12.4. The zero-order valence-corrected chi connectivity index (χ0v) is 17.8. The predicted octanol–water partition coefficient (Wildman–Crippen LogP) is 3.73. The second-order valence-electron chi connectivity index (χ2n) is 6.28. The summed E-state index contributed by atoms with van der Waals surface area (Å²) in [5.74, 6) is -1.47. The Bertz CT molecular complexity index is 1160. The maximum Gasteiger partial charge on any atom is 0.387 e. The zero-order chi connectivity index (χ0) is 23.8. The first-order valence-electron chi connectivity index (χ1n) is 9.28. The largest absolute Gasteiger partial charge is 0.493 e. The van der Waals surface area contributed by atoms with Crippen LogP contribution in [0.25, 0.3) is 11.8 Å². The SMILES string of the molecule is COc1cc(/C=C/C(=O)OCC(=O)Nc2cc(Cl)ccc2-n2cncn2)ccc1OC(F)F. The fourth-order valence-corrected chi connectivity index (χ4v) is 2.83. The number of amides is 1. The van der Waals surface area contributed by atoms with Crippen molar-refractivity contribution >= 4 is 35.2 Å². The molecule has 1 aromatic heterocycles. The lowest BCUT2D eigenvalue weighted by Crippen LogP contribution is -2.21. The average Bonchev–Trinajstić information content (AvgIpc) is 3.31. The topological polar surface area (TPSA) is 105 Å². The molecule has 33 heavy (non-hydrogen) atoms. The summed E-state index contributed by atoms with van der Waals surface area (Å²) in [6.45, 7) is -3.56. The van der Waals surface area contributed by atoms with Crippen molar-refractivity contribution in [2.24, 2.45) is 0 Å². The average molecular weight is 479 g/mol. The van der Waals surface area contributed by atoms with E-state index in [1.807, 2.05) is 0 Å². The molecule has 0 fully saturated rings. The second kappa shape index (κ2) is 11.0. The van der Waals surface area contributed by atoms with E-state index in [0.29, 0.717) is 22.0 Å². The molecular formula is C21H17ClF2N4O5. The van der Waals surface area contributed by atoms with Crippen molar-refractivity contribution in [1.29, 1.82) is 0 Å². The normalized spacial score (nSPS) is 10.9. The number of alkyl halides is 2. The van der Waals surface area contributed by atoms with Crippen molar-refractivity contribution in [2.75, 3.05) is 19.0 Å². The molecule has 0 aliphatic rings. The lowest BCUT2D eigenvalue weighted by molar-refractivity contribution is -0.142. The van der Waals surface area contributed by atoms with Crippen molar-refractivity contribution in [3.05, 3.63) is 65.7 Å². The molecule has 0 aliphatic carbocycles. The molecule has 0 saturated heterocycles. The Labute approximate surface area is 191 Å². The molecular weight excluding hydrogens is 462 g/mol. The number of anilines is 1. The van der Waals surface area contributed by atoms with Crippen LogP contribution >= 0.6 is 11.6 Å². The number of rotatable bonds is 9. The highest BCUT2D eigenvalue weighted by Crippen LogP contribution is 2.30. The molecule has 1 amide bonds. The Hall–Kier alpha value is -3.99. The van der Waals surface area contributed by atoms with E-state index >= 15 is 0 Å². The van der Waals surface area contributed by atoms with Crippen molar-refractivity contribution in [3.63, 3.8) is 0 Å². The number of carbonyl (C=O) groups excluding carboxylic acids is 2. The summed E-state index contributed by atoms with van der Waals surface area (Å²) in [4.78, 5) is 28.1. The summed E-state index contributed by atoms with van der Waals surface area (Å²) in [7, 11) is 1.29. The number of ether oxygens (including phenoxy) is 3. The van der Waals surface area contributed by atoms with E-state index in [2.05, 4.69) is 20.1 Å². The Balaban J connectivity index is 1.58. The molecule has 3 aromatic rings. The minimum absolute atomic E-state index is 0.0647. The molecule has 3 rings (SSSR count). The van der Waals surface area contributed by atoms with Crippen LogP contribution in [0.15, 0.2) is 55.1 Å². The summed E-state index contributed by atoms with van der Waals surface area (Å²) in [5, 5.41) is 6.99. The lowest BCUT2D eigenvalue weighted by atomic mass is 10.2. The smallest absolute Gasteiger partial charge is 0.387 e. The van der Waals surface area contributed by atoms with Crippen molar-refractivity contribution < 1.29 is 32.6 Å². The van der Waals surface area contributed by atoms with E-state index in [9.17, 15) is 18.4 Å². The molecule has 0 atom stereocenters. The quantitative estimate of drug-likeness (QED) is 0.369. The molecule has 172 valence electrons. The minimum atomic E-state index is -3.00. The van der Waals surface area contributed by atoms with Gasteiger partial charge in [-0.1, -0.05) is 17.7 Å². The van der Waals surface area contributed by atoms with Crippen LogP contribution in [0, 0.1) is 0 Å². The van der Waals surface area contributed by atoms with E-state index in [1.54, 1.807) is 12.1 Å². The second-order valence-corrected chi connectivity index (χ2v) is 6.72. The van der Waals surface area contributed by atoms with Gasteiger partial charge in [-0.15, -0.1) is 0 Å². The van der Waals surface area contributed by atoms with E-state index in [-0.39, 0.29) is 11.5 Å². The van der Waals surface area contributed by atoms with Gasteiger partial charge in [0, 0.05) is 11.1 Å². The zero-order valence-electron chi connectivity index (χ0n) is 17.1. The summed E-state index contributed by atoms with van der Waals surface area (Å²) >= 11 is 6.00. The molecule has 1 heterocycles. The number of esters is 1. The third kappa shape index (κ3) is 6.74. The van der Waals surface area contributed by atoms with Gasteiger partial charge in [-0.3, -0.25) is 4.79 Å². The number of nitrogens with one attached hydrogen (secondary N) is 1. The van der Waals surface area contributed by atoms with Crippen molar-refractivity contribution in [3.8, 4) is 17.2 Å². The van der Waals surface area contributed by atoms with Crippen LogP contribution in [0.2, 0.25) is 5.02 Å². The van der Waals surface area contributed by atoms with Gasteiger partial charge in [-0.05, 0) is 42.0 Å². The third-order valence-electron chi connectivity index (χ3n) is 4.06. The third-order valence-corrected chi connectivity index (χ3v) is 4.29. The van der Waals surface area contributed by atoms with Gasteiger partial charge in [0.1, 0.15) is 12.7 Å². The van der Waals surface area contributed by atoms with E-state index < -0.39 is 25.1 Å². The van der Waals surface area contributed by atoms with Gasteiger partial charge in [-0.25, -0.2) is 14.5 Å². The number of hydrogen-bond acceptors (Lipinski definition) is 7. The molecule has 0 spiro atoms. The van der Waals surface area contributed by atoms with Crippen molar-refractivity contribution in [2.45, 2.75) is 6.61 Å². The molecule has 0 saturated carbocycles. The van der Waals surface area contributed by atoms with Crippen LogP contribution in [0.1, 0.15) is 5.56 Å². The Morgan fingerprint density at radius 1 is 1.21 bits per heavy atom. The van der Waals surface area contributed by atoms with Gasteiger partial charge in [-0.2, -0.15) is 13.9 Å². The summed E-state index contributed by atoms with van der Waals surface area (Å²) < 4.78 is 40.5. The summed E-state index contributed by atoms with van der Waals surface area (Å²) in [6, 6.07) is 8.92. The number of carbonyl (C=O) groups is 2. The van der Waals surface area contributed by atoms with E-state index in [0.717, 1.165) is 6.08 Å². The monoisotopic (exact) mass is 478 g/mol. The van der Waals surface area contributed by atoms with Gasteiger partial charge >= 0.3 is 12.6 Å². The highest BCUT2D eigenvalue weighted by atomic mass is 35.5. The number of hydrogen-bond donors (Lipinski definition) is 1. The van der Waals surface area contributed by atoms with Crippen LogP contribution in [-0.2, 0) is 14.3 Å². The van der Waals surface area contributed by atoms with Crippen LogP contribution in [0.4, 0.5) is 14.5 Å². The Morgan fingerprint density at radius 3 is 2.73 bits per heavy atom. The first-order chi connectivity index (χ1) is 15.9. The Kier molecular flexibility index (Phi) is 7.92. The highest BCUT2D eigenvalue weighted by molar-refractivity contribution is 6.31. The molecule has 1 N–H and O–H groups in total. The van der Waals surface area contributed by atoms with Gasteiger partial charge in [0.2, 0.25) is 0 Å². The number of nitrogens with zero attached hydrogens (tertiary/aromatic N) is 3. The van der Waals surface area contributed by atoms with Crippen LogP contribution in [-0.4, -0.2) is 47.0 Å². The van der Waals surface area contributed by atoms with E-state index in [4.69, 9.17) is 21.1 Å². The van der Waals surface area contributed by atoms with Crippen LogP contribution in [0.3, 0.4) is 0 Å². The predicted molar refractivity (Wildman–Crippen MR) is 115 cm³/mol. The maximum absolute atomic E-state index is 12.4. The number of halogens is 3. The standard InChI is InChI=1S/C21H17ClF2N4O5/c1-31-18-8-13(2-6-17(18)33-21(23)24)3-7-20(30)32-10-19(29)27-15-9-14(22)4-5-16(15)28-12-25-11-26-28/h2-9,11-12,21H,10H2,1H3,(H,27,29)/b7-3+. The fourth-order valence-electron chi connectivity index (χ4n) is 2.66. The number of aromatic nitrogens is 3. The molecule has 0 unspecified atom stereocenters. The number of methoxy groups -OCH3 is 1. The van der Waals surface area contributed by atoms with Crippen LogP contribution in [0.5, 0.6) is 11.5 Å². The Morgan fingerprint density at radius 2 is 2.03 bits per heavy atom. The van der Waals surface area contributed by atoms with Gasteiger partial charge in [0.05, 0.1) is 18.5 Å². The van der Waals surface area contributed by atoms with E-state index in [1.165, 1.54) is 54.8 Å². The molecule has 0 radical (unpaired) electrons. The molecule has 0 bridgehead atoms. The summed E-state index contributed by atoms with van der Waals surface area (Å²) in [6.07, 6.45) is 5.23. The highest BCUT2D eigenvalue weighted by Gasteiger charge is 2.13. The fraction of sp³-hybridized carbons (Fsp3) is 0.143. The minimum Gasteiger partial charge on any atom is -0.493 e. The number of benzene rings is 2. The first-order valence-corrected chi connectivity index (χ1v) is 9.65. The van der Waals surface area contributed by atoms with Gasteiger partial charge < -0.3 is 19.5 Å². The molecule has 2 aromatic carbocycles. The summed E-state index contributed by atoms with van der Waals surface area (Å²) in [5.41, 5.74) is 1.33.